The summed E-state index contributed by atoms with van der Waals surface area (Å²) < 4.78 is 0. The Morgan fingerprint density at radius 3 is 2.07 bits per heavy atom. The van der Waals surface area contributed by atoms with Crippen molar-refractivity contribution in [1.29, 1.82) is 0 Å². The third-order valence-corrected chi connectivity index (χ3v) is 5.25. The molecule has 1 saturated heterocycles. The van der Waals surface area contributed by atoms with Crippen molar-refractivity contribution in [2.24, 2.45) is 0 Å². The maximum atomic E-state index is 4.66. The quantitative estimate of drug-likeness (QED) is 0.525. The van der Waals surface area contributed by atoms with Crippen molar-refractivity contribution in [3.63, 3.8) is 0 Å². The first kappa shape index (κ1) is 18.2. The molecule has 0 N–H and O–H groups in total. The minimum Gasteiger partial charge on any atom is -0.351 e. The molecular formula is C23H21N7. The third-order valence-electron chi connectivity index (χ3n) is 5.25. The van der Waals surface area contributed by atoms with Crippen LogP contribution in [0.25, 0.3) is 22.4 Å². The van der Waals surface area contributed by atoms with E-state index in [0.29, 0.717) is 0 Å². The third kappa shape index (κ3) is 3.69. The van der Waals surface area contributed by atoms with Crippen molar-refractivity contribution in [2.75, 3.05) is 36.0 Å². The normalized spacial score (nSPS) is 14.0. The molecule has 1 aliphatic heterocycles. The second kappa shape index (κ2) is 8.24. The lowest BCUT2D eigenvalue weighted by Crippen LogP contribution is -2.47. The summed E-state index contributed by atoms with van der Waals surface area (Å²) in [4.78, 5) is 17.4. The fraction of sp³-hybridized carbons (Fsp3) is 0.174. The predicted octanol–water partition coefficient (Wildman–Crippen LogP) is 3.32. The molecule has 0 amide bonds. The van der Waals surface area contributed by atoms with Gasteiger partial charge in [0.25, 0.3) is 0 Å². The molecule has 7 heteroatoms. The molecule has 0 spiro atoms. The number of benzene rings is 1. The lowest BCUT2D eigenvalue weighted by Gasteiger charge is -2.36. The number of piperazine rings is 1. The predicted molar refractivity (Wildman–Crippen MR) is 117 cm³/mol. The molecule has 0 bridgehead atoms. The van der Waals surface area contributed by atoms with Crippen LogP contribution in [0.2, 0.25) is 0 Å². The van der Waals surface area contributed by atoms with Gasteiger partial charge in [-0.05, 0) is 29.8 Å². The van der Waals surface area contributed by atoms with Crippen LogP contribution in [-0.2, 0) is 0 Å². The number of hydrogen-bond donors (Lipinski definition) is 0. The van der Waals surface area contributed by atoms with Crippen molar-refractivity contribution in [3.05, 3.63) is 79.4 Å². The second-order valence-corrected chi connectivity index (χ2v) is 7.09. The van der Waals surface area contributed by atoms with Crippen LogP contribution in [0.5, 0.6) is 0 Å². The van der Waals surface area contributed by atoms with E-state index in [9.17, 15) is 0 Å². The molecule has 1 aliphatic rings. The molecule has 3 aromatic heterocycles. The van der Waals surface area contributed by atoms with Crippen LogP contribution in [0, 0.1) is 0 Å². The molecule has 30 heavy (non-hydrogen) atoms. The summed E-state index contributed by atoms with van der Waals surface area (Å²) in [5.41, 5.74) is 4.07. The summed E-state index contributed by atoms with van der Waals surface area (Å²) in [6.45, 7) is 3.35. The van der Waals surface area contributed by atoms with Crippen molar-refractivity contribution in [1.82, 2.24) is 25.1 Å². The molecule has 5 rings (SSSR count). The number of anilines is 2. The highest BCUT2D eigenvalue weighted by Gasteiger charge is 2.23. The standard InChI is InChI=1S/C23H21N7/c1-2-5-18(6-3-1)20-17-21(19-7-11-24-12-8-19)27-28-22(20)29-13-15-30(16-14-29)23-25-9-4-10-26-23/h1-12,17H,13-16H2. The van der Waals surface area contributed by atoms with Crippen molar-refractivity contribution in [2.45, 2.75) is 0 Å². The molecule has 4 aromatic rings. The van der Waals surface area contributed by atoms with E-state index in [1.807, 2.05) is 24.3 Å². The molecule has 4 heterocycles. The number of aromatic nitrogens is 5. The zero-order chi connectivity index (χ0) is 20.2. The molecule has 0 saturated carbocycles. The van der Waals surface area contributed by atoms with Gasteiger partial charge in [-0.2, -0.15) is 0 Å². The lowest BCUT2D eigenvalue weighted by atomic mass is 10.0. The first-order valence-corrected chi connectivity index (χ1v) is 9.99. The Bertz CT molecular complexity index is 1100. The largest absolute Gasteiger partial charge is 0.351 e. The van der Waals surface area contributed by atoms with Crippen LogP contribution >= 0.6 is 0 Å². The van der Waals surface area contributed by atoms with Gasteiger partial charge >= 0.3 is 0 Å². The highest BCUT2D eigenvalue weighted by atomic mass is 15.3. The van der Waals surface area contributed by atoms with Gasteiger partial charge in [0.2, 0.25) is 5.95 Å². The van der Waals surface area contributed by atoms with Crippen LogP contribution < -0.4 is 9.80 Å². The van der Waals surface area contributed by atoms with Gasteiger partial charge < -0.3 is 9.80 Å². The van der Waals surface area contributed by atoms with E-state index in [4.69, 9.17) is 0 Å². The van der Waals surface area contributed by atoms with Gasteiger partial charge in [0.15, 0.2) is 5.82 Å². The lowest BCUT2D eigenvalue weighted by molar-refractivity contribution is 0.632. The fourth-order valence-electron chi connectivity index (χ4n) is 3.69. The molecule has 7 nitrogen and oxygen atoms in total. The Labute approximate surface area is 175 Å². The van der Waals surface area contributed by atoms with Gasteiger partial charge in [0.1, 0.15) is 0 Å². The van der Waals surface area contributed by atoms with Crippen molar-refractivity contribution >= 4 is 11.8 Å². The monoisotopic (exact) mass is 395 g/mol. The number of hydrogen-bond acceptors (Lipinski definition) is 7. The Hall–Kier alpha value is -3.87. The van der Waals surface area contributed by atoms with E-state index in [0.717, 1.165) is 60.3 Å². The second-order valence-electron chi connectivity index (χ2n) is 7.09. The van der Waals surface area contributed by atoms with Crippen molar-refractivity contribution < 1.29 is 0 Å². The topological polar surface area (TPSA) is 70.9 Å². The summed E-state index contributed by atoms with van der Waals surface area (Å²) in [6.07, 6.45) is 7.12. The van der Waals surface area contributed by atoms with Crippen LogP contribution in [0.3, 0.4) is 0 Å². The first-order valence-electron chi connectivity index (χ1n) is 9.99. The van der Waals surface area contributed by atoms with E-state index in [1.165, 1.54) is 0 Å². The summed E-state index contributed by atoms with van der Waals surface area (Å²) in [5, 5.41) is 9.19. The Balaban J connectivity index is 1.46. The van der Waals surface area contributed by atoms with Crippen molar-refractivity contribution in [3.8, 4) is 22.4 Å². The highest BCUT2D eigenvalue weighted by Crippen LogP contribution is 2.32. The van der Waals surface area contributed by atoms with Gasteiger partial charge in [-0.15, -0.1) is 10.2 Å². The van der Waals surface area contributed by atoms with Crippen LogP contribution in [-0.4, -0.2) is 51.3 Å². The van der Waals surface area contributed by atoms with Crippen LogP contribution in [0.15, 0.2) is 79.4 Å². The van der Waals surface area contributed by atoms with Gasteiger partial charge in [0.05, 0.1) is 5.69 Å². The summed E-state index contributed by atoms with van der Waals surface area (Å²) >= 11 is 0. The van der Waals surface area contributed by atoms with Crippen LogP contribution in [0.4, 0.5) is 11.8 Å². The van der Waals surface area contributed by atoms with Gasteiger partial charge in [-0.25, -0.2) is 9.97 Å². The number of nitrogens with zero attached hydrogens (tertiary/aromatic N) is 7. The zero-order valence-electron chi connectivity index (χ0n) is 16.5. The molecular weight excluding hydrogens is 374 g/mol. The average molecular weight is 395 g/mol. The molecule has 0 unspecified atom stereocenters. The minimum absolute atomic E-state index is 0.777. The maximum Gasteiger partial charge on any atom is 0.225 e. The number of pyridine rings is 1. The molecule has 0 radical (unpaired) electrons. The molecule has 0 atom stereocenters. The zero-order valence-corrected chi connectivity index (χ0v) is 16.5. The van der Waals surface area contributed by atoms with E-state index in [1.54, 1.807) is 24.8 Å². The van der Waals surface area contributed by atoms with Gasteiger partial charge in [-0.1, -0.05) is 30.3 Å². The van der Waals surface area contributed by atoms with E-state index < -0.39 is 0 Å². The van der Waals surface area contributed by atoms with Crippen LogP contribution in [0.1, 0.15) is 0 Å². The van der Waals surface area contributed by atoms with Gasteiger partial charge in [0, 0.05) is 62.1 Å². The SMILES string of the molecule is c1ccc(-c2cc(-c3ccncc3)nnc2N2CCN(c3ncccn3)CC2)cc1. The molecule has 148 valence electrons. The Morgan fingerprint density at radius 1 is 0.633 bits per heavy atom. The molecule has 0 aliphatic carbocycles. The number of rotatable bonds is 4. The molecule has 1 aromatic carbocycles. The summed E-state index contributed by atoms with van der Waals surface area (Å²) in [5.74, 6) is 1.69. The first-order chi connectivity index (χ1) is 14.9. The fourth-order valence-corrected chi connectivity index (χ4v) is 3.69. The molecule has 1 fully saturated rings. The van der Waals surface area contributed by atoms with Gasteiger partial charge in [-0.3, -0.25) is 4.98 Å². The average Bonchev–Trinajstić information content (AvgIpc) is 2.85. The maximum absolute atomic E-state index is 4.66. The summed E-state index contributed by atoms with van der Waals surface area (Å²) in [7, 11) is 0. The Morgan fingerprint density at radius 2 is 1.33 bits per heavy atom. The minimum atomic E-state index is 0.777. The van der Waals surface area contributed by atoms with E-state index in [2.05, 4.69) is 65.3 Å². The highest BCUT2D eigenvalue weighted by molar-refractivity contribution is 5.79. The summed E-state index contributed by atoms with van der Waals surface area (Å²) in [6, 6.07) is 18.2. The van der Waals surface area contributed by atoms with E-state index >= 15 is 0 Å². The smallest absolute Gasteiger partial charge is 0.225 e. The Kier molecular flexibility index (Phi) is 4.99. The van der Waals surface area contributed by atoms with E-state index in [-0.39, 0.29) is 0 Å².